The van der Waals surface area contributed by atoms with Gasteiger partial charge in [-0.1, -0.05) is 0 Å². The second-order valence-electron chi connectivity index (χ2n) is 5.40. The smallest absolute Gasteiger partial charge is 0.224 e. The number of hydrogen-bond acceptors (Lipinski definition) is 5. The van der Waals surface area contributed by atoms with Crippen molar-refractivity contribution in [3.05, 3.63) is 17.3 Å². The molecular weight excluding hydrogens is 327 g/mol. The van der Waals surface area contributed by atoms with Crippen LogP contribution in [0.25, 0.3) is 0 Å². The first-order chi connectivity index (χ1) is 9.60. The number of halogens is 2. The molecule has 1 aromatic rings. The Kier molecular flexibility index (Phi) is 9.67. The molecule has 0 radical (unpaired) electrons. The molecule has 0 saturated carbocycles. The van der Waals surface area contributed by atoms with E-state index in [2.05, 4.69) is 15.2 Å². The molecule has 1 fully saturated rings. The Morgan fingerprint density at radius 1 is 1.45 bits per heavy atom. The summed E-state index contributed by atoms with van der Waals surface area (Å²) in [6.45, 7) is 7.32. The number of rotatable bonds is 5. The van der Waals surface area contributed by atoms with Crippen LogP contribution in [-0.2, 0) is 11.3 Å². The SMILES string of the molecule is Cc1nc(CN2CCCC(C(=O)NCCN)C2)oc1C.Cl.Cl. The van der Waals surface area contributed by atoms with Crippen molar-refractivity contribution < 1.29 is 9.21 Å². The average Bonchev–Trinajstić information content (AvgIpc) is 2.75. The van der Waals surface area contributed by atoms with E-state index in [4.69, 9.17) is 10.2 Å². The summed E-state index contributed by atoms with van der Waals surface area (Å²) in [4.78, 5) is 18.6. The van der Waals surface area contributed by atoms with Gasteiger partial charge in [-0.25, -0.2) is 4.98 Å². The lowest BCUT2D eigenvalue weighted by molar-refractivity contribution is -0.126. The monoisotopic (exact) mass is 352 g/mol. The highest BCUT2D eigenvalue weighted by Crippen LogP contribution is 2.19. The molecule has 1 amide bonds. The Balaban J connectivity index is 0.00000220. The fourth-order valence-electron chi connectivity index (χ4n) is 2.55. The van der Waals surface area contributed by atoms with Gasteiger partial charge in [0.15, 0.2) is 0 Å². The molecule has 1 aliphatic rings. The number of oxazole rings is 1. The number of nitrogens with two attached hydrogens (primary N) is 1. The number of aromatic nitrogens is 1. The summed E-state index contributed by atoms with van der Waals surface area (Å²) in [5.74, 6) is 1.77. The van der Waals surface area contributed by atoms with Crippen LogP contribution in [0.15, 0.2) is 4.42 Å². The molecule has 2 heterocycles. The maximum absolute atomic E-state index is 12.0. The summed E-state index contributed by atoms with van der Waals surface area (Å²) in [5, 5.41) is 2.87. The number of likely N-dealkylation sites (tertiary alicyclic amines) is 1. The minimum absolute atomic E-state index is 0. The highest BCUT2D eigenvalue weighted by atomic mass is 35.5. The molecule has 0 bridgehead atoms. The number of amides is 1. The zero-order valence-electron chi connectivity index (χ0n) is 13.1. The quantitative estimate of drug-likeness (QED) is 0.836. The number of carbonyl (C=O) groups is 1. The first-order valence-corrected chi connectivity index (χ1v) is 7.23. The van der Waals surface area contributed by atoms with Gasteiger partial charge < -0.3 is 15.5 Å². The van der Waals surface area contributed by atoms with Gasteiger partial charge in [0.1, 0.15) is 5.76 Å². The van der Waals surface area contributed by atoms with E-state index in [1.807, 2.05) is 13.8 Å². The van der Waals surface area contributed by atoms with E-state index in [0.29, 0.717) is 19.6 Å². The molecule has 1 aliphatic heterocycles. The van der Waals surface area contributed by atoms with E-state index in [1.54, 1.807) is 0 Å². The van der Waals surface area contributed by atoms with Crippen molar-refractivity contribution in [3.63, 3.8) is 0 Å². The van der Waals surface area contributed by atoms with E-state index in [0.717, 1.165) is 43.3 Å². The van der Waals surface area contributed by atoms with Crippen molar-refractivity contribution in [2.45, 2.75) is 33.2 Å². The van der Waals surface area contributed by atoms with Crippen LogP contribution in [0.3, 0.4) is 0 Å². The van der Waals surface area contributed by atoms with Crippen molar-refractivity contribution in [3.8, 4) is 0 Å². The standard InChI is InChI=1S/C14H24N4O2.2ClH/c1-10-11(2)20-13(17-10)9-18-7-3-4-12(8-18)14(19)16-6-5-15;;/h12H,3-9,15H2,1-2H3,(H,16,19);2*1H. The Bertz CT molecular complexity index is 448. The van der Waals surface area contributed by atoms with Crippen molar-refractivity contribution in [1.82, 2.24) is 15.2 Å². The van der Waals surface area contributed by atoms with Crippen molar-refractivity contribution in [2.24, 2.45) is 11.7 Å². The first kappa shape index (κ1) is 21.2. The molecule has 1 atom stereocenters. The van der Waals surface area contributed by atoms with E-state index in [9.17, 15) is 4.79 Å². The second kappa shape index (κ2) is 10.0. The lowest BCUT2D eigenvalue weighted by Crippen LogP contribution is -2.43. The maximum Gasteiger partial charge on any atom is 0.224 e. The van der Waals surface area contributed by atoms with Crippen LogP contribution in [0.5, 0.6) is 0 Å². The van der Waals surface area contributed by atoms with E-state index in [-0.39, 0.29) is 36.6 Å². The summed E-state index contributed by atoms with van der Waals surface area (Å²) in [7, 11) is 0. The Morgan fingerprint density at radius 2 is 2.18 bits per heavy atom. The van der Waals surface area contributed by atoms with Gasteiger partial charge in [-0.05, 0) is 33.2 Å². The van der Waals surface area contributed by atoms with E-state index < -0.39 is 0 Å². The predicted octanol–water partition coefficient (Wildman–Crippen LogP) is 1.42. The molecule has 128 valence electrons. The van der Waals surface area contributed by atoms with Gasteiger partial charge in [0.25, 0.3) is 0 Å². The predicted molar refractivity (Wildman–Crippen MR) is 90.5 cm³/mol. The Morgan fingerprint density at radius 3 is 2.77 bits per heavy atom. The highest BCUT2D eigenvalue weighted by molar-refractivity contribution is 5.85. The molecular formula is C14H26Cl2N4O2. The largest absolute Gasteiger partial charge is 0.444 e. The van der Waals surface area contributed by atoms with Crippen molar-refractivity contribution >= 4 is 30.7 Å². The number of nitrogens with one attached hydrogen (secondary N) is 1. The van der Waals surface area contributed by atoms with Crippen LogP contribution in [0.4, 0.5) is 0 Å². The van der Waals surface area contributed by atoms with Crippen molar-refractivity contribution in [1.29, 1.82) is 0 Å². The third-order valence-corrected chi connectivity index (χ3v) is 3.75. The van der Waals surface area contributed by atoms with E-state index >= 15 is 0 Å². The number of nitrogens with zero attached hydrogens (tertiary/aromatic N) is 2. The second-order valence-corrected chi connectivity index (χ2v) is 5.40. The van der Waals surface area contributed by atoms with Crippen LogP contribution >= 0.6 is 24.8 Å². The molecule has 2 rings (SSSR count). The number of aryl methyl sites for hydroxylation is 2. The van der Waals surface area contributed by atoms with Gasteiger partial charge >= 0.3 is 0 Å². The van der Waals surface area contributed by atoms with Gasteiger partial charge in [0.2, 0.25) is 11.8 Å². The summed E-state index contributed by atoms with van der Waals surface area (Å²) >= 11 is 0. The fraction of sp³-hybridized carbons (Fsp3) is 0.714. The van der Waals surface area contributed by atoms with Gasteiger partial charge in [-0.3, -0.25) is 9.69 Å². The summed E-state index contributed by atoms with van der Waals surface area (Å²) in [6, 6.07) is 0. The number of carbonyl (C=O) groups excluding carboxylic acids is 1. The topological polar surface area (TPSA) is 84.4 Å². The fourth-order valence-corrected chi connectivity index (χ4v) is 2.55. The van der Waals surface area contributed by atoms with Crippen LogP contribution in [0.1, 0.15) is 30.2 Å². The molecule has 0 spiro atoms. The highest BCUT2D eigenvalue weighted by Gasteiger charge is 2.26. The Labute approximate surface area is 144 Å². The third-order valence-electron chi connectivity index (χ3n) is 3.75. The number of hydrogen-bond donors (Lipinski definition) is 2. The summed E-state index contributed by atoms with van der Waals surface area (Å²) < 4.78 is 5.61. The van der Waals surface area contributed by atoms with E-state index in [1.165, 1.54) is 0 Å². The molecule has 3 N–H and O–H groups in total. The van der Waals surface area contributed by atoms with Crippen LogP contribution in [-0.4, -0.2) is 42.0 Å². The molecule has 22 heavy (non-hydrogen) atoms. The zero-order valence-corrected chi connectivity index (χ0v) is 14.8. The molecule has 1 unspecified atom stereocenters. The molecule has 1 saturated heterocycles. The zero-order chi connectivity index (χ0) is 14.5. The minimum Gasteiger partial charge on any atom is -0.444 e. The van der Waals surface area contributed by atoms with Crippen LogP contribution in [0.2, 0.25) is 0 Å². The molecule has 6 nitrogen and oxygen atoms in total. The van der Waals surface area contributed by atoms with Gasteiger partial charge in [0.05, 0.1) is 18.2 Å². The Hall–Kier alpha value is -0.820. The first-order valence-electron chi connectivity index (χ1n) is 7.23. The normalized spacial score (nSPS) is 18.2. The summed E-state index contributed by atoms with van der Waals surface area (Å²) in [5.41, 5.74) is 6.35. The van der Waals surface area contributed by atoms with Gasteiger partial charge in [0, 0.05) is 19.6 Å². The van der Waals surface area contributed by atoms with Gasteiger partial charge in [-0.15, -0.1) is 24.8 Å². The molecule has 8 heteroatoms. The lowest BCUT2D eigenvalue weighted by atomic mass is 9.97. The van der Waals surface area contributed by atoms with Crippen molar-refractivity contribution in [2.75, 3.05) is 26.2 Å². The minimum atomic E-state index is 0. The molecule has 0 aliphatic carbocycles. The molecule has 1 aromatic heterocycles. The summed E-state index contributed by atoms with van der Waals surface area (Å²) in [6.07, 6.45) is 1.97. The molecule has 0 aromatic carbocycles. The third kappa shape index (κ3) is 5.76. The number of piperidine rings is 1. The lowest BCUT2D eigenvalue weighted by Gasteiger charge is -2.31. The van der Waals surface area contributed by atoms with Crippen LogP contribution in [0, 0.1) is 19.8 Å². The average molecular weight is 353 g/mol. The van der Waals surface area contributed by atoms with Gasteiger partial charge in [-0.2, -0.15) is 0 Å². The maximum atomic E-state index is 12.0. The van der Waals surface area contributed by atoms with Crippen LogP contribution < -0.4 is 11.1 Å².